The summed E-state index contributed by atoms with van der Waals surface area (Å²) in [7, 11) is 0. The summed E-state index contributed by atoms with van der Waals surface area (Å²) in [4.78, 5) is 29.8. The van der Waals surface area contributed by atoms with Crippen LogP contribution >= 0.6 is 0 Å². The second kappa shape index (κ2) is 5.25. The molecule has 100 valence electrons. The molecule has 0 bridgehead atoms. The van der Waals surface area contributed by atoms with Crippen LogP contribution in [0.25, 0.3) is 0 Å². The van der Waals surface area contributed by atoms with Gasteiger partial charge in [0.1, 0.15) is 0 Å². The van der Waals surface area contributed by atoms with Crippen LogP contribution in [-0.4, -0.2) is 21.7 Å². The van der Waals surface area contributed by atoms with Crippen LogP contribution in [0.1, 0.15) is 23.5 Å². The van der Waals surface area contributed by atoms with E-state index < -0.39 is 0 Å². The number of rotatable bonds is 3. The number of imide groups is 1. The molecular weight excluding hydrogens is 252 g/mol. The van der Waals surface area contributed by atoms with E-state index >= 15 is 0 Å². The summed E-state index contributed by atoms with van der Waals surface area (Å²) in [5, 5.41) is 0. The highest BCUT2D eigenvalue weighted by Gasteiger charge is 2.39. The molecule has 0 spiro atoms. The molecule has 20 heavy (non-hydrogen) atoms. The summed E-state index contributed by atoms with van der Waals surface area (Å²) in [6, 6.07) is 13.1. The number of carbonyl (C=O) groups is 2. The molecule has 2 aromatic rings. The molecule has 1 atom stereocenters. The summed E-state index contributed by atoms with van der Waals surface area (Å²) in [5.74, 6) is -0.585. The van der Waals surface area contributed by atoms with Crippen molar-refractivity contribution in [3.63, 3.8) is 0 Å². The molecule has 1 fully saturated rings. The Morgan fingerprint density at radius 3 is 2.60 bits per heavy atom. The van der Waals surface area contributed by atoms with E-state index in [4.69, 9.17) is 0 Å². The van der Waals surface area contributed by atoms with Crippen molar-refractivity contribution in [1.29, 1.82) is 0 Å². The third-order valence-corrected chi connectivity index (χ3v) is 3.51. The minimum absolute atomic E-state index is 0.118. The highest BCUT2D eigenvalue weighted by molar-refractivity contribution is 6.06. The molecule has 1 saturated heterocycles. The first-order valence-corrected chi connectivity index (χ1v) is 6.54. The third-order valence-electron chi connectivity index (χ3n) is 3.51. The predicted molar refractivity (Wildman–Crippen MR) is 73.6 cm³/mol. The number of carbonyl (C=O) groups excluding carboxylic acids is 2. The molecule has 2 amide bonds. The van der Waals surface area contributed by atoms with Crippen molar-refractivity contribution in [2.24, 2.45) is 0 Å². The van der Waals surface area contributed by atoms with Crippen LogP contribution in [0.15, 0.2) is 54.9 Å². The Labute approximate surface area is 117 Å². The van der Waals surface area contributed by atoms with Gasteiger partial charge in [-0.3, -0.25) is 19.5 Å². The number of hydrogen-bond donors (Lipinski definition) is 0. The van der Waals surface area contributed by atoms with Gasteiger partial charge in [0, 0.05) is 18.8 Å². The Hall–Kier alpha value is -2.49. The van der Waals surface area contributed by atoms with E-state index in [9.17, 15) is 9.59 Å². The van der Waals surface area contributed by atoms with Crippen molar-refractivity contribution in [3.05, 3.63) is 66.0 Å². The molecule has 0 radical (unpaired) electrons. The van der Waals surface area contributed by atoms with Crippen molar-refractivity contribution in [2.75, 3.05) is 0 Å². The SMILES string of the molecule is O=C1C[C@H](c2ccccc2)C(=O)N1Cc1cccnc1. The van der Waals surface area contributed by atoms with Gasteiger partial charge in [-0.25, -0.2) is 0 Å². The zero-order valence-electron chi connectivity index (χ0n) is 10.9. The molecule has 0 N–H and O–H groups in total. The van der Waals surface area contributed by atoms with Crippen LogP contribution in [0.2, 0.25) is 0 Å². The molecular formula is C16H14N2O2. The van der Waals surface area contributed by atoms with Gasteiger partial charge in [-0.1, -0.05) is 36.4 Å². The van der Waals surface area contributed by atoms with E-state index in [0.29, 0.717) is 6.54 Å². The van der Waals surface area contributed by atoms with Crippen LogP contribution < -0.4 is 0 Å². The largest absolute Gasteiger partial charge is 0.278 e. The molecule has 0 saturated carbocycles. The molecule has 2 heterocycles. The predicted octanol–water partition coefficient (Wildman–Crippen LogP) is 2.12. The Morgan fingerprint density at radius 2 is 1.90 bits per heavy atom. The molecule has 1 aromatic carbocycles. The fourth-order valence-corrected chi connectivity index (χ4v) is 2.47. The molecule has 1 aromatic heterocycles. The van der Waals surface area contributed by atoms with Gasteiger partial charge in [0.25, 0.3) is 0 Å². The molecule has 0 aliphatic carbocycles. The second-order valence-corrected chi connectivity index (χ2v) is 4.85. The van der Waals surface area contributed by atoms with Crippen molar-refractivity contribution in [2.45, 2.75) is 18.9 Å². The van der Waals surface area contributed by atoms with Gasteiger partial charge in [0.15, 0.2) is 0 Å². The lowest BCUT2D eigenvalue weighted by Gasteiger charge is -2.14. The van der Waals surface area contributed by atoms with Crippen molar-refractivity contribution in [3.8, 4) is 0 Å². The van der Waals surface area contributed by atoms with Crippen molar-refractivity contribution < 1.29 is 9.59 Å². The zero-order valence-corrected chi connectivity index (χ0v) is 10.9. The Balaban J connectivity index is 1.81. The summed E-state index contributed by atoms with van der Waals surface area (Å²) in [5.41, 5.74) is 1.77. The Kier molecular flexibility index (Phi) is 3.29. The summed E-state index contributed by atoms with van der Waals surface area (Å²) in [6.07, 6.45) is 3.60. The first-order valence-electron chi connectivity index (χ1n) is 6.54. The van der Waals surface area contributed by atoms with E-state index in [1.165, 1.54) is 4.90 Å². The van der Waals surface area contributed by atoms with Gasteiger partial charge in [-0.2, -0.15) is 0 Å². The fraction of sp³-hybridized carbons (Fsp3) is 0.188. The smallest absolute Gasteiger partial charge is 0.237 e. The monoisotopic (exact) mass is 266 g/mol. The average Bonchev–Trinajstić information content (AvgIpc) is 2.77. The van der Waals surface area contributed by atoms with Crippen molar-refractivity contribution >= 4 is 11.8 Å². The first kappa shape index (κ1) is 12.5. The minimum atomic E-state index is -0.347. The van der Waals surface area contributed by atoms with E-state index in [0.717, 1.165) is 11.1 Å². The van der Waals surface area contributed by atoms with E-state index in [2.05, 4.69) is 4.98 Å². The minimum Gasteiger partial charge on any atom is -0.278 e. The second-order valence-electron chi connectivity index (χ2n) is 4.85. The molecule has 1 aliphatic rings. The molecule has 4 nitrogen and oxygen atoms in total. The van der Waals surface area contributed by atoms with E-state index in [1.807, 2.05) is 36.4 Å². The lowest BCUT2D eigenvalue weighted by molar-refractivity contribution is -0.139. The maximum atomic E-state index is 12.4. The average molecular weight is 266 g/mol. The Morgan fingerprint density at radius 1 is 1.10 bits per heavy atom. The molecule has 3 rings (SSSR count). The van der Waals surface area contributed by atoms with Crippen LogP contribution in [0.3, 0.4) is 0 Å². The lowest BCUT2D eigenvalue weighted by atomic mass is 9.98. The van der Waals surface area contributed by atoms with Gasteiger partial charge in [0.05, 0.1) is 12.5 Å². The number of hydrogen-bond acceptors (Lipinski definition) is 3. The standard InChI is InChI=1S/C16H14N2O2/c19-15-9-14(13-6-2-1-3-7-13)16(20)18(15)11-12-5-4-8-17-10-12/h1-8,10,14H,9,11H2/t14-/m1/s1. The summed E-state index contributed by atoms with van der Waals surface area (Å²) >= 11 is 0. The topological polar surface area (TPSA) is 50.3 Å². The van der Waals surface area contributed by atoms with Crippen LogP contribution in [-0.2, 0) is 16.1 Å². The molecule has 1 aliphatic heterocycles. The number of nitrogens with zero attached hydrogens (tertiary/aromatic N) is 2. The fourth-order valence-electron chi connectivity index (χ4n) is 2.47. The third kappa shape index (κ3) is 2.32. The van der Waals surface area contributed by atoms with Gasteiger partial charge in [-0.05, 0) is 17.2 Å². The molecule has 0 unspecified atom stereocenters. The number of aromatic nitrogens is 1. The van der Waals surface area contributed by atoms with Crippen LogP contribution in [0.4, 0.5) is 0 Å². The summed E-state index contributed by atoms with van der Waals surface area (Å²) in [6.45, 7) is 0.300. The van der Waals surface area contributed by atoms with E-state index in [-0.39, 0.29) is 24.2 Å². The van der Waals surface area contributed by atoms with Crippen LogP contribution in [0.5, 0.6) is 0 Å². The highest BCUT2D eigenvalue weighted by Crippen LogP contribution is 2.30. The van der Waals surface area contributed by atoms with Gasteiger partial charge in [-0.15, -0.1) is 0 Å². The quantitative estimate of drug-likeness (QED) is 0.800. The zero-order chi connectivity index (χ0) is 13.9. The van der Waals surface area contributed by atoms with Gasteiger partial charge in [0.2, 0.25) is 11.8 Å². The highest BCUT2D eigenvalue weighted by atomic mass is 16.2. The number of likely N-dealkylation sites (tertiary alicyclic amines) is 1. The number of benzene rings is 1. The van der Waals surface area contributed by atoms with Crippen LogP contribution in [0, 0.1) is 0 Å². The molecule has 4 heteroatoms. The number of pyridine rings is 1. The maximum Gasteiger partial charge on any atom is 0.237 e. The summed E-state index contributed by atoms with van der Waals surface area (Å²) < 4.78 is 0. The number of amides is 2. The lowest BCUT2D eigenvalue weighted by Crippen LogP contribution is -2.29. The van der Waals surface area contributed by atoms with Gasteiger partial charge < -0.3 is 0 Å². The first-order chi connectivity index (χ1) is 9.75. The van der Waals surface area contributed by atoms with Crippen molar-refractivity contribution in [1.82, 2.24) is 9.88 Å². The Bertz CT molecular complexity index is 625. The maximum absolute atomic E-state index is 12.4. The normalized spacial score (nSPS) is 18.6. The van der Waals surface area contributed by atoms with Gasteiger partial charge >= 0.3 is 0 Å². The van der Waals surface area contributed by atoms with E-state index in [1.54, 1.807) is 18.5 Å².